The lowest BCUT2D eigenvalue weighted by molar-refractivity contribution is -0.384. The van der Waals surface area contributed by atoms with Crippen molar-refractivity contribution in [3.63, 3.8) is 0 Å². The van der Waals surface area contributed by atoms with Crippen LogP contribution < -0.4 is 0 Å². The van der Waals surface area contributed by atoms with Gasteiger partial charge in [-0.3, -0.25) is 14.9 Å². The van der Waals surface area contributed by atoms with Crippen molar-refractivity contribution in [2.24, 2.45) is 23.7 Å². The van der Waals surface area contributed by atoms with Gasteiger partial charge in [0.25, 0.3) is 5.69 Å². The minimum absolute atomic E-state index is 0.00386. The molecule has 250 valence electrons. The molecule has 1 amide bonds. The van der Waals surface area contributed by atoms with Crippen molar-refractivity contribution in [1.82, 2.24) is 9.80 Å². The highest BCUT2D eigenvalue weighted by molar-refractivity contribution is 5.71. The molecule has 0 radical (unpaired) electrons. The third kappa shape index (κ3) is 10.4. The summed E-state index contributed by atoms with van der Waals surface area (Å²) in [7, 11) is 0. The first kappa shape index (κ1) is 35.1. The number of carboxylic acid groups (broad SMARTS) is 1. The van der Waals surface area contributed by atoms with Gasteiger partial charge in [-0.05, 0) is 92.5 Å². The van der Waals surface area contributed by atoms with Gasteiger partial charge in [-0.2, -0.15) is 0 Å². The number of nitro benzene ring substituents is 1. The second-order valence-corrected chi connectivity index (χ2v) is 12.9. The molecule has 0 bridgehead atoms. The average molecular weight is 638 g/mol. The molecule has 46 heavy (non-hydrogen) atoms. The summed E-state index contributed by atoms with van der Waals surface area (Å²) in [5.41, 5.74) is 0.704. The van der Waals surface area contributed by atoms with E-state index in [1.54, 1.807) is 41.3 Å². The standard InChI is InChI=1S/C30H43N3O6.C6H5F/c1-2-16-32(30(36)39-21-22-9-12-27(13-10-22)33(37)38)26-14-17-31(18-15-26)20-23-8-11-25(19-23)28(29(34)35)24-6-4-3-5-7-24;7-6-4-2-1-3-5-6/h2,9-10,12-13,23-26,28H,1,3-8,11,14-21H2,(H,34,35);1-5H/t23-,25?,28?;/m1./s1. The number of rotatable bonds is 11. The van der Waals surface area contributed by atoms with Crippen molar-refractivity contribution in [1.29, 1.82) is 0 Å². The predicted molar refractivity (Wildman–Crippen MR) is 175 cm³/mol. The number of carbonyl (C=O) groups is 2. The van der Waals surface area contributed by atoms with Crippen LogP contribution in [-0.4, -0.2) is 64.1 Å². The number of likely N-dealkylation sites (tertiary alicyclic amines) is 1. The minimum Gasteiger partial charge on any atom is -0.481 e. The maximum Gasteiger partial charge on any atom is 0.410 e. The van der Waals surface area contributed by atoms with E-state index >= 15 is 0 Å². The van der Waals surface area contributed by atoms with Gasteiger partial charge in [-0.1, -0.05) is 43.5 Å². The minimum atomic E-state index is -0.587. The van der Waals surface area contributed by atoms with Gasteiger partial charge in [0.05, 0.1) is 10.8 Å². The topological polar surface area (TPSA) is 113 Å². The number of hydrogen-bond donors (Lipinski definition) is 1. The van der Waals surface area contributed by atoms with Crippen molar-refractivity contribution in [2.45, 2.75) is 76.9 Å². The number of carbonyl (C=O) groups excluding carboxylic acids is 1. The van der Waals surface area contributed by atoms with Crippen molar-refractivity contribution in [3.8, 4) is 0 Å². The van der Waals surface area contributed by atoms with Crippen molar-refractivity contribution < 1.29 is 28.7 Å². The number of nitrogens with zero attached hydrogens (tertiary/aromatic N) is 3. The molecule has 2 unspecified atom stereocenters. The monoisotopic (exact) mass is 637 g/mol. The number of benzene rings is 2. The Bertz CT molecular complexity index is 1260. The number of hydrogen-bond acceptors (Lipinski definition) is 6. The van der Waals surface area contributed by atoms with E-state index < -0.39 is 17.0 Å². The number of non-ortho nitro benzene ring substituents is 1. The Morgan fingerprint density at radius 3 is 2.24 bits per heavy atom. The fourth-order valence-electron chi connectivity index (χ4n) is 7.53. The molecule has 3 fully saturated rings. The second-order valence-electron chi connectivity index (χ2n) is 12.9. The molecule has 3 atom stereocenters. The Morgan fingerprint density at radius 2 is 1.67 bits per heavy atom. The van der Waals surface area contributed by atoms with Crippen molar-refractivity contribution >= 4 is 17.7 Å². The number of halogens is 1. The number of carboxylic acids is 1. The highest BCUT2D eigenvalue weighted by Gasteiger charge is 2.40. The van der Waals surface area contributed by atoms with Crippen LogP contribution in [0.5, 0.6) is 0 Å². The molecule has 2 aromatic rings. The summed E-state index contributed by atoms with van der Waals surface area (Å²) in [6, 6.07) is 14.0. The fourth-order valence-corrected chi connectivity index (χ4v) is 7.53. The Balaban J connectivity index is 0.000000606. The Labute approximate surface area is 271 Å². The third-order valence-electron chi connectivity index (χ3n) is 9.85. The molecule has 0 spiro atoms. The van der Waals surface area contributed by atoms with E-state index in [2.05, 4.69) is 11.5 Å². The summed E-state index contributed by atoms with van der Waals surface area (Å²) in [6.45, 7) is 7.09. The van der Waals surface area contributed by atoms with Gasteiger partial charge in [0.15, 0.2) is 0 Å². The summed E-state index contributed by atoms with van der Waals surface area (Å²) in [5.74, 6) is 0.269. The molecule has 1 N–H and O–H groups in total. The molecular formula is C36H48FN3O6. The molecule has 2 aromatic carbocycles. The van der Waals surface area contributed by atoms with E-state index in [0.717, 1.165) is 64.6 Å². The van der Waals surface area contributed by atoms with E-state index in [9.17, 15) is 29.2 Å². The van der Waals surface area contributed by atoms with Gasteiger partial charge >= 0.3 is 12.1 Å². The zero-order valence-corrected chi connectivity index (χ0v) is 26.7. The molecule has 1 saturated heterocycles. The summed E-state index contributed by atoms with van der Waals surface area (Å²) < 4.78 is 17.4. The van der Waals surface area contributed by atoms with Crippen LogP contribution in [0.25, 0.3) is 0 Å². The third-order valence-corrected chi connectivity index (χ3v) is 9.85. The van der Waals surface area contributed by atoms with Gasteiger partial charge in [-0.25, -0.2) is 9.18 Å². The highest BCUT2D eigenvalue weighted by atomic mass is 19.1. The van der Waals surface area contributed by atoms with E-state index in [0.29, 0.717) is 29.9 Å². The number of aliphatic carboxylic acids is 1. The van der Waals surface area contributed by atoms with Gasteiger partial charge in [0.1, 0.15) is 12.4 Å². The van der Waals surface area contributed by atoms with Crippen LogP contribution in [0.2, 0.25) is 0 Å². The van der Waals surface area contributed by atoms with Crippen molar-refractivity contribution in [2.75, 3.05) is 26.2 Å². The first-order chi connectivity index (χ1) is 22.2. The Morgan fingerprint density at radius 1 is 1.00 bits per heavy atom. The van der Waals surface area contributed by atoms with Crippen LogP contribution in [0, 0.1) is 39.6 Å². The lowest BCUT2D eigenvalue weighted by Gasteiger charge is -2.38. The van der Waals surface area contributed by atoms with Crippen LogP contribution in [0.4, 0.5) is 14.9 Å². The largest absolute Gasteiger partial charge is 0.481 e. The number of amides is 1. The van der Waals surface area contributed by atoms with Gasteiger partial charge < -0.3 is 19.6 Å². The predicted octanol–water partition coefficient (Wildman–Crippen LogP) is 7.71. The van der Waals surface area contributed by atoms with Crippen LogP contribution in [-0.2, 0) is 16.1 Å². The summed E-state index contributed by atoms with van der Waals surface area (Å²) in [4.78, 5) is 39.7. The smallest absolute Gasteiger partial charge is 0.410 e. The van der Waals surface area contributed by atoms with Crippen LogP contribution in [0.15, 0.2) is 67.3 Å². The molecule has 5 rings (SSSR count). The zero-order chi connectivity index (χ0) is 32.9. The number of ether oxygens (including phenoxy) is 1. The van der Waals surface area contributed by atoms with E-state index in [1.165, 1.54) is 43.5 Å². The Hall–Kier alpha value is -3.79. The molecule has 10 heteroatoms. The SMILES string of the molecule is C=CCN(C(=O)OCc1ccc([N+](=O)[O-])cc1)C1CCN(C[C@@H]2CCC(C(C(=O)O)C3CCCCC3)C2)CC1.Fc1ccccc1. The zero-order valence-electron chi connectivity index (χ0n) is 26.7. The molecule has 2 saturated carbocycles. The number of piperidine rings is 1. The molecule has 9 nitrogen and oxygen atoms in total. The highest BCUT2D eigenvalue weighted by Crippen LogP contribution is 2.43. The molecule has 1 aliphatic heterocycles. The van der Waals surface area contributed by atoms with Gasteiger partial charge in [0.2, 0.25) is 0 Å². The quantitative estimate of drug-likeness (QED) is 0.153. The summed E-state index contributed by atoms with van der Waals surface area (Å²) in [5, 5.41) is 20.9. The lowest BCUT2D eigenvalue weighted by Crippen LogP contribution is -2.48. The molecular weight excluding hydrogens is 589 g/mol. The second kappa shape index (κ2) is 17.8. The first-order valence-corrected chi connectivity index (χ1v) is 16.7. The van der Waals surface area contributed by atoms with E-state index in [4.69, 9.17) is 4.74 Å². The lowest BCUT2D eigenvalue weighted by atomic mass is 9.73. The molecule has 1 heterocycles. The normalized spacial score (nSPS) is 21.4. The van der Waals surface area contributed by atoms with E-state index in [1.807, 2.05) is 0 Å². The molecule has 0 aromatic heterocycles. The summed E-state index contributed by atoms with van der Waals surface area (Å²) >= 11 is 0. The molecule has 2 aliphatic carbocycles. The van der Waals surface area contributed by atoms with E-state index in [-0.39, 0.29) is 30.1 Å². The van der Waals surface area contributed by atoms with Crippen molar-refractivity contribution in [3.05, 3.63) is 88.7 Å². The van der Waals surface area contributed by atoms with Crippen LogP contribution in [0.3, 0.4) is 0 Å². The number of nitro groups is 1. The summed E-state index contributed by atoms with van der Waals surface area (Å²) in [6.07, 6.45) is 11.9. The van der Waals surface area contributed by atoms with Gasteiger partial charge in [-0.15, -0.1) is 6.58 Å². The average Bonchev–Trinajstić information content (AvgIpc) is 3.51. The maximum atomic E-state index is 12.9. The fraction of sp³-hybridized carbons (Fsp3) is 0.556. The van der Waals surface area contributed by atoms with Crippen LogP contribution >= 0.6 is 0 Å². The van der Waals surface area contributed by atoms with Gasteiger partial charge in [0, 0.05) is 44.4 Å². The molecule has 3 aliphatic rings. The Kier molecular flexibility index (Phi) is 13.6. The van der Waals surface area contributed by atoms with Crippen LogP contribution in [0.1, 0.15) is 69.8 Å². The first-order valence-electron chi connectivity index (χ1n) is 16.7. The maximum absolute atomic E-state index is 12.9.